The third-order valence-electron chi connectivity index (χ3n) is 2.71. The molecule has 98 valence electrons. The Morgan fingerprint density at radius 1 is 0.895 bits per heavy atom. The van der Waals surface area contributed by atoms with Gasteiger partial charge in [0.25, 0.3) is 0 Å². The zero-order valence-corrected chi connectivity index (χ0v) is 9.81. The van der Waals surface area contributed by atoms with E-state index < -0.39 is 40.2 Å². The van der Waals surface area contributed by atoms with Gasteiger partial charge in [-0.1, -0.05) is 12.1 Å². The molecule has 2 aromatic carbocycles. The van der Waals surface area contributed by atoms with Crippen LogP contribution < -0.4 is 0 Å². The number of aryl methyl sites for hydroxylation is 1. The van der Waals surface area contributed by atoms with Crippen molar-refractivity contribution in [1.82, 2.24) is 0 Å². The van der Waals surface area contributed by atoms with Crippen molar-refractivity contribution < 1.29 is 22.4 Å². The molecule has 0 radical (unpaired) electrons. The highest BCUT2D eigenvalue weighted by molar-refractivity contribution is 6.09. The second-order valence-corrected chi connectivity index (χ2v) is 3.98. The van der Waals surface area contributed by atoms with Crippen LogP contribution in [-0.4, -0.2) is 5.78 Å². The van der Waals surface area contributed by atoms with Crippen molar-refractivity contribution in [2.45, 2.75) is 6.92 Å². The summed E-state index contributed by atoms with van der Waals surface area (Å²) >= 11 is 0. The van der Waals surface area contributed by atoms with Gasteiger partial charge in [-0.25, -0.2) is 17.6 Å². The Kier molecular flexibility index (Phi) is 3.38. The summed E-state index contributed by atoms with van der Waals surface area (Å²) in [5.41, 5.74) is -1.55. The molecule has 0 saturated heterocycles. The molecule has 5 heteroatoms. The van der Waals surface area contributed by atoms with Crippen LogP contribution in [-0.2, 0) is 0 Å². The summed E-state index contributed by atoms with van der Waals surface area (Å²) in [6.07, 6.45) is 0. The minimum atomic E-state index is -1.42. The zero-order valence-electron chi connectivity index (χ0n) is 9.81. The van der Waals surface area contributed by atoms with Gasteiger partial charge in [0.15, 0.2) is 11.6 Å². The fourth-order valence-corrected chi connectivity index (χ4v) is 1.68. The van der Waals surface area contributed by atoms with Gasteiger partial charge in [-0.15, -0.1) is 0 Å². The Morgan fingerprint density at radius 3 is 2.26 bits per heavy atom. The molecule has 0 atom stereocenters. The lowest BCUT2D eigenvalue weighted by molar-refractivity contribution is 0.102. The van der Waals surface area contributed by atoms with Gasteiger partial charge in [-0.3, -0.25) is 4.79 Å². The second-order valence-electron chi connectivity index (χ2n) is 3.98. The topological polar surface area (TPSA) is 17.1 Å². The van der Waals surface area contributed by atoms with Crippen molar-refractivity contribution in [2.24, 2.45) is 0 Å². The Hall–Kier alpha value is -2.17. The number of benzene rings is 2. The zero-order chi connectivity index (χ0) is 14.2. The molecule has 1 nitrogen and oxygen atoms in total. The summed E-state index contributed by atoms with van der Waals surface area (Å²) in [6, 6.07) is 4.94. The van der Waals surface area contributed by atoms with Crippen molar-refractivity contribution in [1.29, 1.82) is 0 Å². The highest BCUT2D eigenvalue weighted by Crippen LogP contribution is 2.22. The van der Waals surface area contributed by atoms with Crippen molar-refractivity contribution in [3.8, 4) is 0 Å². The predicted molar refractivity (Wildman–Crippen MR) is 60.9 cm³/mol. The van der Waals surface area contributed by atoms with E-state index in [9.17, 15) is 22.4 Å². The lowest BCUT2D eigenvalue weighted by Gasteiger charge is -2.07. The molecule has 0 N–H and O–H groups in total. The van der Waals surface area contributed by atoms with Gasteiger partial charge < -0.3 is 0 Å². The van der Waals surface area contributed by atoms with Gasteiger partial charge in [0.2, 0.25) is 5.78 Å². The van der Waals surface area contributed by atoms with Crippen LogP contribution in [0.5, 0.6) is 0 Å². The molecular weight excluding hydrogens is 260 g/mol. The third-order valence-corrected chi connectivity index (χ3v) is 2.71. The quantitative estimate of drug-likeness (QED) is 0.598. The molecule has 0 aliphatic rings. The molecule has 19 heavy (non-hydrogen) atoms. The van der Waals surface area contributed by atoms with Crippen LogP contribution >= 0.6 is 0 Å². The molecule has 0 unspecified atom stereocenters. The molecule has 0 saturated carbocycles. The largest absolute Gasteiger partial charge is 0.288 e. The Labute approximate surface area is 106 Å². The average Bonchev–Trinajstić information content (AvgIpc) is 2.37. The van der Waals surface area contributed by atoms with Crippen molar-refractivity contribution in [3.05, 3.63) is 70.3 Å². The maximum absolute atomic E-state index is 13.8. The minimum Gasteiger partial charge on any atom is -0.288 e. The number of hydrogen-bond acceptors (Lipinski definition) is 1. The fourth-order valence-electron chi connectivity index (χ4n) is 1.68. The number of carbonyl (C=O) groups excluding carboxylic acids is 1. The van der Waals surface area contributed by atoms with Crippen LogP contribution in [0.25, 0.3) is 0 Å². The molecule has 0 spiro atoms. The number of carbonyl (C=O) groups is 1. The average molecular weight is 268 g/mol. The molecule has 2 aromatic rings. The molecule has 2 rings (SSSR count). The number of rotatable bonds is 2. The Bertz CT molecular complexity index is 665. The monoisotopic (exact) mass is 268 g/mol. The second kappa shape index (κ2) is 4.84. The van der Waals surface area contributed by atoms with Crippen LogP contribution in [0.2, 0.25) is 0 Å². The van der Waals surface area contributed by atoms with Crippen LogP contribution in [0, 0.1) is 30.2 Å². The maximum atomic E-state index is 13.8. The normalized spacial score (nSPS) is 10.6. The van der Waals surface area contributed by atoms with E-state index in [2.05, 4.69) is 0 Å². The summed E-state index contributed by atoms with van der Waals surface area (Å²) in [4.78, 5) is 11.9. The van der Waals surface area contributed by atoms with E-state index >= 15 is 0 Å². The first-order valence-corrected chi connectivity index (χ1v) is 5.36. The molecule has 0 heterocycles. The molecule has 0 aliphatic heterocycles. The van der Waals surface area contributed by atoms with E-state index in [-0.39, 0.29) is 5.56 Å². The first kappa shape index (κ1) is 13.3. The van der Waals surface area contributed by atoms with Gasteiger partial charge in [-0.05, 0) is 30.7 Å². The van der Waals surface area contributed by atoms with Gasteiger partial charge in [0, 0.05) is 0 Å². The summed E-state index contributed by atoms with van der Waals surface area (Å²) in [5.74, 6) is -6.09. The highest BCUT2D eigenvalue weighted by Gasteiger charge is 2.24. The molecule has 0 fully saturated rings. The predicted octanol–water partition coefficient (Wildman–Crippen LogP) is 3.78. The summed E-state index contributed by atoms with van der Waals surface area (Å²) in [7, 11) is 0. The van der Waals surface area contributed by atoms with E-state index in [0.29, 0.717) is 0 Å². The van der Waals surface area contributed by atoms with Crippen LogP contribution in [0.4, 0.5) is 17.6 Å². The van der Waals surface area contributed by atoms with Crippen molar-refractivity contribution >= 4 is 5.78 Å². The number of ketones is 1. The van der Waals surface area contributed by atoms with Crippen molar-refractivity contribution in [3.63, 3.8) is 0 Å². The fraction of sp³-hybridized carbons (Fsp3) is 0.0714. The lowest BCUT2D eigenvalue weighted by Crippen LogP contribution is -2.11. The lowest BCUT2D eigenvalue weighted by atomic mass is 9.99. The van der Waals surface area contributed by atoms with Crippen LogP contribution in [0.15, 0.2) is 30.3 Å². The first-order chi connectivity index (χ1) is 8.93. The SMILES string of the molecule is Cc1ccc(F)c(C(=O)c2cccc(F)c2F)c1F. The summed E-state index contributed by atoms with van der Waals surface area (Å²) < 4.78 is 53.8. The van der Waals surface area contributed by atoms with E-state index in [4.69, 9.17) is 0 Å². The summed E-state index contributed by atoms with van der Waals surface area (Å²) in [6.45, 7) is 1.34. The van der Waals surface area contributed by atoms with E-state index in [1.165, 1.54) is 6.92 Å². The third kappa shape index (κ3) is 2.23. The van der Waals surface area contributed by atoms with Gasteiger partial charge >= 0.3 is 0 Å². The van der Waals surface area contributed by atoms with Crippen molar-refractivity contribution in [2.75, 3.05) is 0 Å². The molecule has 0 bridgehead atoms. The highest BCUT2D eigenvalue weighted by atomic mass is 19.2. The molecular formula is C14H8F4O. The van der Waals surface area contributed by atoms with Crippen LogP contribution in [0.1, 0.15) is 21.5 Å². The number of halogens is 4. The molecule has 0 aromatic heterocycles. The smallest absolute Gasteiger partial charge is 0.202 e. The van der Waals surface area contributed by atoms with Crippen LogP contribution in [0.3, 0.4) is 0 Å². The number of hydrogen-bond donors (Lipinski definition) is 0. The van der Waals surface area contributed by atoms with E-state index in [1.807, 2.05) is 0 Å². The Balaban J connectivity index is 2.63. The maximum Gasteiger partial charge on any atom is 0.202 e. The molecule has 0 aliphatic carbocycles. The molecule has 0 amide bonds. The first-order valence-electron chi connectivity index (χ1n) is 5.36. The van der Waals surface area contributed by atoms with E-state index in [1.54, 1.807) is 0 Å². The standard InChI is InChI=1S/C14H8F4O/c1-7-5-6-9(15)11(12(7)17)14(19)8-3-2-4-10(16)13(8)18/h2-6H,1H3. The minimum absolute atomic E-state index is 0.0431. The summed E-state index contributed by atoms with van der Waals surface area (Å²) in [5, 5.41) is 0. The van der Waals surface area contributed by atoms with Gasteiger partial charge in [0.05, 0.1) is 11.1 Å². The Morgan fingerprint density at radius 2 is 1.58 bits per heavy atom. The van der Waals surface area contributed by atoms with Gasteiger partial charge in [-0.2, -0.15) is 0 Å². The van der Waals surface area contributed by atoms with E-state index in [0.717, 1.165) is 30.3 Å². The van der Waals surface area contributed by atoms with Gasteiger partial charge in [0.1, 0.15) is 11.6 Å².